The molecule has 0 saturated carbocycles. The third-order valence-electron chi connectivity index (χ3n) is 5.37. The van der Waals surface area contributed by atoms with E-state index < -0.39 is 0 Å². The number of aromatic nitrogens is 2. The van der Waals surface area contributed by atoms with Gasteiger partial charge in [0.05, 0.1) is 29.5 Å². The Labute approximate surface area is 201 Å². The van der Waals surface area contributed by atoms with Crippen LogP contribution in [0, 0.1) is 0 Å². The number of nitrogens with one attached hydrogen (secondary N) is 1. The summed E-state index contributed by atoms with van der Waals surface area (Å²) in [6.45, 7) is 4.35. The van der Waals surface area contributed by atoms with Crippen molar-refractivity contribution in [2.24, 2.45) is 0 Å². The highest BCUT2D eigenvalue weighted by Gasteiger charge is 2.16. The molecule has 0 bridgehead atoms. The van der Waals surface area contributed by atoms with Crippen LogP contribution in [0.1, 0.15) is 30.7 Å². The van der Waals surface area contributed by atoms with Gasteiger partial charge in [-0.1, -0.05) is 55.4 Å². The van der Waals surface area contributed by atoms with Gasteiger partial charge in [0.2, 0.25) is 5.91 Å². The first kappa shape index (κ1) is 23.1. The fourth-order valence-corrected chi connectivity index (χ4v) is 4.66. The largest absolute Gasteiger partial charge is 0.467 e. The molecule has 2 aromatic heterocycles. The van der Waals surface area contributed by atoms with Crippen LogP contribution in [0.2, 0.25) is 5.02 Å². The minimum Gasteiger partial charge on any atom is -0.467 e. The van der Waals surface area contributed by atoms with Crippen molar-refractivity contribution in [3.63, 3.8) is 0 Å². The maximum atomic E-state index is 13.2. The maximum absolute atomic E-state index is 13.2. The lowest BCUT2D eigenvalue weighted by Crippen LogP contribution is -2.25. The smallest absolute Gasteiger partial charge is 0.262 e. The molecule has 6 nitrogen and oxygen atoms in total. The second-order valence-corrected chi connectivity index (χ2v) is 8.90. The van der Waals surface area contributed by atoms with Crippen LogP contribution in [0.5, 0.6) is 0 Å². The number of para-hydroxylation sites is 1. The lowest BCUT2D eigenvalue weighted by atomic mass is 10.0. The highest BCUT2D eigenvalue weighted by molar-refractivity contribution is 7.99. The molecule has 0 aliphatic rings. The second kappa shape index (κ2) is 10.3. The number of rotatable bonds is 8. The van der Waals surface area contributed by atoms with E-state index in [1.165, 1.54) is 16.3 Å². The quantitative estimate of drug-likeness (QED) is 0.264. The number of fused-ring (bicyclic) bond motifs is 1. The molecular weight excluding hydrogens is 458 g/mol. The van der Waals surface area contributed by atoms with Crippen molar-refractivity contribution in [2.75, 3.05) is 11.1 Å². The number of nitrogens with zero attached hydrogens (tertiary/aromatic N) is 2. The topological polar surface area (TPSA) is 77.1 Å². The van der Waals surface area contributed by atoms with Crippen molar-refractivity contribution in [2.45, 2.75) is 38.4 Å². The fourth-order valence-electron chi connectivity index (χ4n) is 3.69. The summed E-state index contributed by atoms with van der Waals surface area (Å²) < 4.78 is 6.97. The molecule has 0 spiro atoms. The number of amides is 1. The predicted octanol–water partition coefficient (Wildman–Crippen LogP) is 5.55. The number of halogens is 1. The molecule has 0 fully saturated rings. The van der Waals surface area contributed by atoms with E-state index in [0.717, 1.165) is 29.7 Å². The van der Waals surface area contributed by atoms with Crippen LogP contribution in [0.4, 0.5) is 5.69 Å². The van der Waals surface area contributed by atoms with E-state index in [-0.39, 0.29) is 23.8 Å². The number of anilines is 1. The predicted molar refractivity (Wildman–Crippen MR) is 133 cm³/mol. The van der Waals surface area contributed by atoms with Gasteiger partial charge in [0.1, 0.15) is 5.76 Å². The third-order valence-corrected chi connectivity index (χ3v) is 6.58. The molecule has 2 aromatic carbocycles. The summed E-state index contributed by atoms with van der Waals surface area (Å²) in [6.07, 6.45) is 3.21. The molecule has 8 heteroatoms. The normalized spacial score (nSPS) is 11.1. The first-order valence-electron chi connectivity index (χ1n) is 10.8. The first-order chi connectivity index (χ1) is 16.0. The number of hydrogen-bond donors (Lipinski definition) is 1. The number of carbonyl (C=O) groups excluding carboxylic acids is 1. The van der Waals surface area contributed by atoms with Crippen LogP contribution in [0.15, 0.2) is 69.2 Å². The molecule has 2 heterocycles. The molecular formula is C25H24ClN3O3S. The molecule has 4 rings (SSSR count). The molecule has 0 radical (unpaired) electrons. The number of aryl methyl sites for hydroxylation is 2. The van der Waals surface area contributed by atoms with Gasteiger partial charge in [0.25, 0.3) is 5.56 Å². The fraction of sp³-hybridized carbons (Fsp3) is 0.240. The zero-order valence-electron chi connectivity index (χ0n) is 18.4. The SMILES string of the molecule is CCc1cccc(CC)c1NC(=O)CSc1nc2cc(Cl)ccc2c(=O)n1Cc1ccco1. The van der Waals surface area contributed by atoms with Gasteiger partial charge in [0, 0.05) is 10.7 Å². The molecule has 0 aliphatic heterocycles. The van der Waals surface area contributed by atoms with Crippen molar-refractivity contribution in [3.8, 4) is 0 Å². The molecule has 33 heavy (non-hydrogen) atoms. The molecule has 1 N–H and O–H groups in total. The maximum Gasteiger partial charge on any atom is 0.262 e. The molecule has 170 valence electrons. The van der Waals surface area contributed by atoms with E-state index in [4.69, 9.17) is 16.0 Å². The molecule has 4 aromatic rings. The highest BCUT2D eigenvalue weighted by Crippen LogP contribution is 2.25. The standard InChI is InChI=1S/C25H24ClN3O3S/c1-3-16-7-5-8-17(4-2)23(16)28-22(30)15-33-25-27-21-13-18(26)10-11-20(21)24(31)29(25)14-19-9-6-12-32-19/h5-13H,3-4,14-15H2,1-2H3,(H,28,30). The number of hydrogen-bond acceptors (Lipinski definition) is 5. The molecule has 0 unspecified atom stereocenters. The minimum absolute atomic E-state index is 0.109. The Morgan fingerprint density at radius 2 is 1.88 bits per heavy atom. The van der Waals surface area contributed by atoms with Gasteiger partial charge in [-0.3, -0.25) is 14.2 Å². The molecule has 0 saturated heterocycles. The van der Waals surface area contributed by atoms with Crippen LogP contribution in [0.3, 0.4) is 0 Å². The van der Waals surface area contributed by atoms with Crippen molar-refractivity contribution < 1.29 is 9.21 Å². The van der Waals surface area contributed by atoms with Gasteiger partial charge in [-0.15, -0.1) is 0 Å². The van der Waals surface area contributed by atoms with Gasteiger partial charge >= 0.3 is 0 Å². The summed E-state index contributed by atoms with van der Waals surface area (Å²) in [5.41, 5.74) is 3.36. The van der Waals surface area contributed by atoms with Gasteiger partial charge in [-0.2, -0.15) is 0 Å². The average Bonchev–Trinajstić information content (AvgIpc) is 3.33. The monoisotopic (exact) mass is 481 g/mol. The third kappa shape index (κ3) is 5.15. The Hall–Kier alpha value is -3.03. The summed E-state index contributed by atoms with van der Waals surface area (Å²) in [7, 11) is 0. The summed E-state index contributed by atoms with van der Waals surface area (Å²) >= 11 is 7.33. The average molecular weight is 482 g/mol. The Morgan fingerprint density at radius 1 is 1.12 bits per heavy atom. The van der Waals surface area contributed by atoms with Crippen LogP contribution in [-0.4, -0.2) is 21.2 Å². The summed E-state index contributed by atoms with van der Waals surface area (Å²) in [5, 5.41) is 4.45. The van der Waals surface area contributed by atoms with E-state index >= 15 is 0 Å². The van der Waals surface area contributed by atoms with Gasteiger partial charge in [-0.25, -0.2) is 4.98 Å². The number of thioether (sulfide) groups is 1. The Morgan fingerprint density at radius 3 is 2.55 bits per heavy atom. The van der Waals surface area contributed by atoms with Crippen molar-refractivity contribution in [1.29, 1.82) is 0 Å². The Bertz CT molecular complexity index is 1330. The van der Waals surface area contributed by atoms with Gasteiger partial charge in [0.15, 0.2) is 5.16 Å². The zero-order chi connectivity index (χ0) is 23.4. The number of carbonyl (C=O) groups is 1. The van der Waals surface area contributed by atoms with E-state index in [1.807, 2.05) is 18.2 Å². The van der Waals surface area contributed by atoms with Crippen molar-refractivity contribution in [1.82, 2.24) is 9.55 Å². The van der Waals surface area contributed by atoms with Gasteiger partial charge in [-0.05, 0) is 54.3 Å². The Balaban J connectivity index is 1.63. The lowest BCUT2D eigenvalue weighted by molar-refractivity contribution is -0.113. The van der Waals surface area contributed by atoms with Crippen molar-refractivity contribution >= 4 is 45.9 Å². The zero-order valence-corrected chi connectivity index (χ0v) is 20.0. The van der Waals surface area contributed by atoms with Crippen molar-refractivity contribution in [3.05, 3.63) is 87.1 Å². The minimum atomic E-state index is -0.208. The summed E-state index contributed by atoms with van der Waals surface area (Å²) in [4.78, 5) is 30.7. The van der Waals surface area contributed by atoms with Crippen LogP contribution in [0.25, 0.3) is 10.9 Å². The summed E-state index contributed by atoms with van der Waals surface area (Å²) in [5.74, 6) is 0.585. The van der Waals surface area contributed by atoms with Crippen LogP contribution >= 0.6 is 23.4 Å². The van der Waals surface area contributed by atoms with E-state index in [1.54, 1.807) is 36.6 Å². The first-order valence-corrected chi connectivity index (χ1v) is 12.1. The van der Waals surface area contributed by atoms with Gasteiger partial charge < -0.3 is 9.73 Å². The number of furan rings is 1. The molecule has 1 amide bonds. The molecule has 0 atom stereocenters. The summed E-state index contributed by atoms with van der Waals surface area (Å²) in [6, 6.07) is 14.6. The van der Waals surface area contributed by atoms with E-state index in [0.29, 0.717) is 26.8 Å². The Kier molecular flexibility index (Phi) is 7.20. The highest BCUT2D eigenvalue weighted by atomic mass is 35.5. The second-order valence-electron chi connectivity index (χ2n) is 7.52. The van der Waals surface area contributed by atoms with E-state index in [2.05, 4.69) is 24.1 Å². The number of benzene rings is 2. The van der Waals surface area contributed by atoms with E-state index in [9.17, 15) is 9.59 Å². The van der Waals surface area contributed by atoms with Crippen LogP contribution < -0.4 is 10.9 Å². The van der Waals surface area contributed by atoms with Crippen LogP contribution in [-0.2, 0) is 24.2 Å². The lowest BCUT2D eigenvalue weighted by Gasteiger charge is -2.15. The molecule has 0 aliphatic carbocycles.